The van der Waals surface area contributed by atoms with Crippen molar-refractivity contribution >= 4 is 6.21 Å². The van der Waals surface area contributed by atoms with Crippen molar-refractivity contribution in [2.24, 2.45) is 5.92 Å². The van der Waals surface area contributed by atoms with Crippen LogP contribution < -0.4 is 0 Å². The number of allylic oxidation sites excluding steroid dienone is 6. The summed E-state index contributed by atoms with van der Waals surface area (Å²) in [7, 11) is 0. The van der Waals surface area contributed by atoms with Crippen LogP contribution >= 0.6 is 0 Å². The standard InChI is InChI=1S/C15H20N.C2H6/c1-4-6-12-16(5-2)13-15-9-7-8-14(3)10-11-15;1-2/h4-12,14H,2,13H2,1,3H3;1-2H3/q+1;/b6-4-,16-12?;. The highest BCUT2D eigenvalue weighted by Crippen LogP contribution is 2.09. The van der Waals surface area contributed by atoms with Crippen molar-refractivity contribution in [1.29, 1.82) is 0 Å². The van der Waals surface area contributed by atoms with Crippen LogP contribution in [0.2, 0.25) is 0 Å². The third kappa shape index (κ3) is 6.85. The van der Waals surface area contributed by atoms with Gasteiger partial charge in [-0.1, -0.05) is 57.2 Å². The molecule has 1 heteroatoms. The van der Waals surface area contributed by atoms with Crippen molar-refractivity contribution in [2.45, 2.75) is 27.7 Å². The highest BCUT2D eigenvalue weighted by atomic mass is 15.0. The molecule has 1 nitrogen and oxygen atoms in total. The van der Waals surface area contributed by atoms with Gasteiger partial charge in [-0.3, -0.25) is 0 Å². The zero-order valence-corrected chi connectivity index (χ0v) is 12.1. The van der Waals surface area contributed by atoms with E-state index in [1.54, 1.807) is 0 Å². The van der Waals surface area contributed by atoms with E-state index in [1.165, 1.54) is 5.57 Å². The number of hydrogen-bond donors (Lipinski definition) is 0. The molecule has 1 aliphatic rings. The molecule has 0 radical (unpaired) electrons. The molecular formula is C17H26N+. The molecule has 0 amide bonds. The Morgan fingerprint density at radius 3 is 2.67 bits per heavy atom. The number of hydrogen-bond acceptors (Lipinski definition) is 0. The normalized spacial score (nSPS) is 19.0. The zero-order valence-electron chi connectivity index (χ0n) is 12.1. The van der Waals surface area contributed by atoms with Crippen LogP contribution in [0.1, 0.15) is 27.7 Å². The Kier molecular flexibility index (Phi) is 9.57. The predicted octanol–water partition coefficient (Wildman–Crippen LogP) is 4.50. The molecule has 0 fully saturated rings. The monoisotopic (exact) mass is 244 g/mol. The van der Waals surface area contributed by atoms with Crippen LogP contribution in [0.4, 0.5) is 0 Å². The summed E-state index contributed by atoms with van der Waals surface area (Å²) in [6, 6.07) is 0. The first kappa shape index (κ1) is 16.4. The fraction of sp³-hybridized carbons (Fsp3) is 0.353. The minimum Gasteiger partial charge on any atom is -0.201 e. The van der Waals surface area contributed by atoms with Gasteiger partial charge < -0.3 is 0 Å². The fourth-order valence-corrected chi connectivity index (χ4v) is 1.44. The fourth-order valence-electron chi connectivity index (χ4n) is 1.44. The van der Waals surface area contributed by atoms with Crippen LogP contribution in [0.5, 0.6) is 0 Å². The van der Waals surface area contributed by atoms with Crippen molar-refractivity contribution in [3.63, 3.8) is 0 Å². The van der Waals surface area contributed by atoms with Gasteiger partial charge in [0.1, 0.15) is 0 Å². The van der Waals surface area contributed by atoms with Crippen LogP contribution in [0.15, 0.2) is 60.9 Å². The third-order valence-electron chi connectivity index (χ3n) is 2.41. The molecule has 0 aromatic carbocycles. The minimum atomic E-state index is 0.519. The number of nitrogens with zero attached hydrogens (tertiary/aromatic N) is 1. The molecule has 0 aromatic heterocycles. The highest BCUT2D eigenvalue weighted by molar-refractivity contribution is 5.66. The van der Waals surface area contributed by atoms with Gasteiger partial charge in [0, 0.05) is 5.57 Å². The molecule has 0 saturated heterocycles. The van der Waals surface area contributed by atoms with Crippen molar-refractivity contribution in [2.75, 3.05) is 6.54 Å². The van der Waals surface area contributed by atoms with Gasteiger partial charge in [-0.2, -0.15) is 0 Å². The topological polar surface area (TPSA) is 3.01 Å². The maximum Gasteiger partial charge on any atom is 0.173 e. The summed E-state index contributed by atoms with van der Waals surface area (Å²) in [5.74, 6) is 0.519. The lowest BCUT2D eigenvalue weighted by molar-refractivity contribution is -0.440. The van der Waals surface area contributed by atoms with Gasteiger partial charge in [-0.15, -0.1) is 0 Å². The largest absolute Gasteiger partial charge is 0.201 e. The molecule has 0 heterocycles. The second-order valence-electron chi connectivity index (χ2n) is 3.87. The highest BCUT2D eigenvalue weighted by Gasteiger charge is 2.03. The van der Waals surface area contributed by atoms with Gasteiger partial charge in [-0.05, 0) is 25.5 Å². The molecule has 0 bridgehead atoms. The van der Waals surface area contributed by atoms with Gasteiger partial charge >= 0.3 is 0 Å². The average molecular weight is 244 g/mol. The summed E-state index contributed by atoms with van der Waals surface area (Å²) in [5.41, 5.74) is 1.29. The molecule has 0 saturated carbocycles. The van der Waals surface area contributed by atoms with Gasteiger partial charge in [0.2, 0.25) is 0 Å². The lowest BCUT2D eigenvalue weighted by atomic mass is 10.1. The minimum absolute atomic E-state index is 0.519. The second-order valence-corrected chi connectivity index (χ2v) is 3.87. The van der Waals surface area contributed by atoms with E-state index in [9.17, 15) is 0 Å². The molecule has 1 rings (SSSR count). The molecule has 1 unspecified atom stereocenters. The summed E-state index contributed by atoms with van der Waals surface area (Å²) in [5, 5.41) is 0. The lowest BCUT2D eigenvalue weighted by Gasteiger charge is -1.97. The lowest BCUT2D eigenvalue weighted by Crippen LogP contribution is -2.08. The van der Waals surface area contributed by atoms with Crippen LogP contribution in [0.25, 0.3) is 0 Å². The molecule has 1 atom stereocenters. The molecule has 1 aliphatic carbocycles. The summed E-state index contributed by atoms with van der Waals surface area (Å²) < 4.78 is 2.07. The maximum atomic E-state index is 3.81. The average Bonchev–Trinajstić information content (AvgIpc) is 2.61. The van der Waals surface area contributed by atoms with Gasteiger partial charge in [0.15, 0.2) is 19.0 Å². The first-order chi connectivity index (χ1) is 8.76. The molecule has 0 aromatic rings. The summed E-state index contributed by atoms with van der Waals surface area (Å²) in [6.07, 6.45) is 18.8. The van der Waals surface area contributed by atoms with E-state index in [1.807, 2.05) is 45.3 Å². The molecule has 0 aliphatic heterocycles. The Bertz CT molecular complexity index is 378. The van der Waals surface area contributed by atoms with Crippen molar-refractivity contribution < 1.29 is 4.58 Å². The van der Waals surface area contributed by atoms with Crippen LogP contribution in [-0.4, -0.2) is 17.3 Å². The van der Waals surface area contributed by atoms with E-state index < -0.39 is 0 Å². The van der Waals surface area contributed by atoms with Crippen molar-refractivity contribution in [1.82, 2.24) is 0 Å². The van der Waals surface area contributed by atoms with E-state index in [0.29, 0.717) is 5.92 Å². The predicted molar refractivity (Wildman–Crippen MR) is 83.1 cm³/mol. The zero-order chi connectivity index (χ0) is 13.8. The molecule has 98 valence electrons. The Hall–Kier alpha value is -1.63. The Morgan fingerprint density at radius 1 is 1.33 bits per heavy atom. The van der Waals surface area contributed by atoms with Gasteiger partial charge in [0.05, 0.1) is 0 Å². The van der Waals surface area contributed by atoms with Crippen molar-refractivity contribution in [3.8, 4) is 0 Å². The summed E-state index contributed by atoms with van der Waals surface area (Å²) in [6.45, 7) is 12.9. The van der Waals surface area contributed by atoms with Gasteiger partial charge in [-0.25, -0.2) is 4.58 Å². The van der Waals surface area contributed by atoms with Crippen LogP contribution in [0.3, 0.4) is 0 Å². The Labute approximate surface area is 112 Å². The third-order valence-corrected chi connectivity index (χ3v) is 2.41. The smallest absolute Gasteiger partial charge is 0.173 e. The van der Waals surface area contributed by atoms with E-state index in [2.05, 4.69) is 48.5 Å². The first-order valence-corrected chi connectivity index (χ1v) is 6.66. The van der Waals surface area contributed by atoms with E-state index in [4.69, 9.17) is 0 Å². The van der Waals surface area contributed by atoms with E-state index in [-0.39, 0.29) is 0 Å². The second kappa shape index (κ2) is 10.5. The molecule has 18 heavy (non-hydrogen) atoms. The molecular weight excluding hydrogens is 218 g/mol. The Morgan fingerprint density at radius 2 is 2.06 bits per heavy atom. The van der Waals surface area contributed by atoms with E-state index >= 15 is 0 Å². The molecule has 0 spiro atoms. The summed E-state index contributed by atoms with van der Waals surface area (Å²) in [4.78, 5) is 0. The SMILES string of the molecule is C=C[N+](=C/C=C\C)CC1=CC=CC(C)C=C1.CC. The van der Waals surface area contributed by atoms with Crippen molar-refractivity contribution in [3.05, 3.63) is 60.9 Å². The Balaban J connectivity index is 0.00000137. The van der Waals surface area contributed by atoms with E-state index in [0.717, 1.165) is 6.54 Å². The maximum absolute atomic E-state index is 3.81. The van der Waals surface area contributed by atoms with Crippen LogP contribution in [0, 0.1) is 5.92 Å². The van der Waals surface area contributed by atoms with Gasteiger partial charge in [0.25, 0.3) is 0 Å². The summed E-state index contributed by atoms with van der Waals surface area (Å²) >= 11 is 0. The number of rotatable bonds is 4. The first-order valence-electron chi connectivity index (χ1n) is 6.66. The molecule has 0 N–H and O–H groups in total. The van der Waals surface area contributed by atoms with Crippen LogP contribution in [-0.2, 0) is 0 Å². The quantitative estimate of drug-likeness (QED) is 0.506.